The Labute approximate surface area is 79.9 Å². The van der Waals surface area contributed by atoms with Gasteiger partial charge in [0.05, 0.1) is 13.2 Å². The molecule has 0 saturated carbocycles. The van der Waals surface area contributed by atoms with E-state index in [1.54, 1.807) is 23.3 Å². The molecule has 0 aromatic carbocycles. The van der Waals surface area contributed by atoms with Gasteiger partial charge in [-0.15, -0.1) is 11.3 Å². The van der Waals surface area contributed by atoms with Gasteiger partial charge in [-0.25, -0.2) is 9.29 Å². The number of nitrogens with zero attached hydrogens (tertiary/aromatic N) is 2. The fourth-order valence-corrected chi connectivity index (χ4v) is 2.68. The van der Waals surface area contributed by atoms with Crippen molar-refractivity contribution in [2.24, 2.45) is 0 Å². The first-order valence-electron chi connectivity index (χ1n) is 3.85. The third-order valence-electron chi connectivity index (χ3n) is 1.59. The molecule has 1 aliphatic heterocycles. The quantitative estimate of drug-likeness (QED) is 0.678. The van der Waals surface area contributed by atoms with Crippen LogP contribution in [0.2, 0.25) is 0 Å². The molecule has 66 valence electrons. The van der Waals surface area contributed by atoms with Crippen molar-refractivity contribution in [3.05, 3.63) is 11.6 Å². The standard InChI is InChI=1S/C7H10N2OS2/c1-6-11-7(8-1)12-9-2-4-10-5-3-9/h1,6H,2-5H2. The summed E-state index contributed by atoms with van der Waals surface area (Å²) < 4.78 is 8.66. The van der Waals surface area contributed by atoms with E-state index in [9.17, 15) is 0 Å². The zero-order chi connectivity index (χ0) is 8.23. The summed E-state index contributed by atoms with van der Waals surface area (Å²) in [5.74, 6) is 0. The maximum Gasteiger partial charge on any atom is 0.165 e. The lowest BCUT2D eigenvalue weighted by atomic mass is 10.5. The molecule has 1 saturated heterocycles. The molecule has 2 heterocycles. The fourth-order valence-electron chi connectivity index (χ4n) is 1.00. The van der Waals surface area contributed by atoms with Crippen molar-refractivity contribution in [3.8, 4) is 0 Å². The zero-order valence-electron chi connectivity index (χ0n) is 6.60. The Kier molecular flexibility index (Phi) is 2.99. The van der Waals surface area contributed by atoms with Gasteiger partial charge in [0, 0.05) is 24.7 Å². The minimum Gasteiger partial charge on any atom is -0.379 e. The molecule has 2 rings (SSSR count). The van der Waals surface area contributed by atoms with Crippen LogP contribution in [0.25, 0.3) is 0 Å². The molecule has 0 aliphatic carbocycles. The summed E-state index contributed by atoms with van der Waals surface area (Å²) in [6.07, 6.45) is 1.84. The van der Waals surface area contributed by atoms with Crippen molar-refractivity contribution in [1.82, 2.24) is 9.29 Å². The molecule has 3 nitrogen and oxygen atoms in total. The SMILES string of the molecule is c1csc(SN2CCOCC2)n1. The third kappa shape index (κ3) is 2.20. The number of aromatic nitrogens is 1. The van der Waals surface area contributed by atoms with Crippen molar-refractivity contribution in [1.29, 1.82) is 0 Å². The topological polar surface area (TPSA) is 25.4 Å². The molecule has 0 N–H and O–H groups in total. The highest BCUT2D eigenvalue weighted by atomic mass is 32.2. The molecule has 0 atom stereocenters. The highest BCUT2D eigenvalue weighted by molar-refractivity contribution is 7.98. The van der Waals surface area contributed by atoms with Gasteiger partial charge in [0.25, 0.3) is 0 Å². The summed E-state index contributed by atoms with van der Waals surface area (Å²) in [5, 5.41) is 2.00. The smallest absolute Gasteiger partial charge is 0.165 e. The van der Waals surface area contributed by atoms with Gasteiger partial charge < -0.3 is 4.74 Å². The minimum atomic E-state index is 0.846. The van der Waals surface area contributed by atoms with Gasteiger partial charge in [-0.3, -0.25) is 0 Å². The van der Waals surface area contributed by atoms with Gasteiger partial charge in [0.1, 0.15) is 0 Å². The van der Waals surface area contributed by atoms with E-state index in [0.717, 1.165) is 30.6 Å². The largest absolute Gasteiger partial charge is 0.379 e. The first-order valence-corrected chi connectivity index (χ1v) is 5.50. The Balaban J connectivity index is 1.86. The molecule has 0 unspecified atom stereocenters. The van der Waals surface area contributed by atoms with Crippen molar-refractivity contribution in [3.63, 3.8) is 0 Å². The maximum absolute atomic E-state index is 5.25. The second-order valence-electron chi connectivity index (χ2n) is 2.43. The van der Waals surface area contributed by atoms with Crippen molar-refractivity contribution in [2.75, 3.05) is 26.3 Å². The molecule has 0 radical (unpaired) electrons. The molecule has 0 amide bonds. The van der Waals surface area contributed by atoms with E-state index in [4.69, 9.17) is 4.74 Å². The Morgan fingerprint density at radius 1 is 1.50 bits per heavy atom. The van der Waals surface area contributed by atoms with E-state index < -0.39 is 0 Å². The molecule has 12 heavy (non-hydrogen) atoms. The molecular formula is C7H10N2OS2. The van der Waals surface area contributed by atoms with Crippen molar-refractivity contribution in [2.45, 2.75) is 4.34 Å². The normalized spacial score (nSPS) is 19.7. The van der Waals surface area contributed by atoms with E-state index in [0.29, 0.717) is 0 Å². The zero-order valence-corrected chi connectivity index (χ0v) is 8.24. The first kappa shape index (κ1) is 8.50. The number of hydrogen-bond acceptors (Lipinski definition) is 5. The lowest BCUT2D eigenvalue weighted by Crippen LogP contribution is -2.30. The van der Waals surface area contributed by atoms with Crippen LogP contribution in [0.1, 0.15) is 0 Å². The lowest BCUT2D eigenvalue weighted by molar-refractivity contribution is 0.0773. The minimum absolute atomic E-state index is 0.846. The molecule has 5 heteroatoms. The molecule has 0 spiro atoms. The molecule has 1 aliphatic rings. The highest BCUT2D eigenvalue weighted by Crippen LogP contribution is 2.24. The molecule has 1 aromatic rings. The van der Waals surface area contributed by atoms with Crippen LogP contribution in [-0.4, -0.2) is 35.6 Å². The number of rotatable bonds is 2. The van der Waals surface area contributed by atoms with Crippen LogP contribution >= 0.6 is 23.3 Å². The number of hydrogen-bond donors (Lipinski definition) is 0. The third-order valence-corrected chi connectivity index (χ3v) is 3.55. The molecule has 1 fully saturated rings. The van der Waals surface area contributed by atoms with Crippen LogP contribution in [0.15, 0.2) is 15.9 Å². The lowest BCUT2D eigenvalue weighted by Gasteiger charge is -2.23. The summed E-state index contributed by atoms with van der Waals surface area (Å²) >= 11 is 3.42. The second-order valence-corrected chi connectivity index (χ2v) is 4.67. The van der Waals surface area contributed by atoms with Gasteiger partial charge in [0.15, 0.2) is 4.34 Å². The van der Waals surface area contributed by atoms with Gasteiger partial charge in [-0.05, 0) is 11.9 Å². The highest BCUT2D eigenvalue weighted by Gasteiger charge is 2.12. The summed E-state index contributed by atoms with van der Waals surface area (Å²) in [7, 11) is 0. The number of thiazole rings is 1. The Bertz CT molecular complexity index is 221. The van der Waals surface area contributed by atoms with Crippen LogP contribution < -0.4 is 0 Å². The van der Waals surface area contributed by atoms with E-state index in [1.807, 2.05) is 11.6 Å². The van der Waals surface area contributed by atoms with Crippen LogP contribution in [0.4, 0.5) is 0 Å². The number of ether oxygens (including phenoxy) is 1. The van der Waals surface area contributed by atoms with Crippen LogP contribution in [0.5, 0.6) is 0 Å². The van der Waals surface area contributed by atoms with Crippen LogP contribution in [0.3, 0.4) is 0 Å². The summed E-state index contributed by atoms with van der Waals surface area (Å²) in [4.78, 5) is 4.21. The van der Waals surface area contributed by atoms with Gasteiger partial charge in [-0.1, -0.05) is 0 Å². The van der Waals surface area contributed by atoms with E-state index in [2.05, 4.69) is 9.29 Å². The van der Waals surface area contributed by atoms with Gasteiger partial charge in [-0.2, -0.15) is 0 Å². The average molecular weight is 202 g/mol. The monoisotopic (exact) mass is 202 g/mol. The predicted octanol–water partition coefficient (Wildman–Crippen LogP) is 1.48. The van der Waals surface area contributed by atoms with Crippen molar-refractivity contribution >= 4 is 23.3 Å². The predicted molar refractivity (Wildman–Crippen MR) is 50.4 cm³/mol. The summed E-state index contributed by atoms with van der Waals surface area (Å²) in [6, 6.07) is 0. The Morgan fingerprint density at radius 2 is 2.33 bits per heavy atom. The molecule has 0 bridgehead atoms. The molecular weight excluding hydrogens is 192 g/mol. The van der Waals surface area contributed by atoms with Crippen LogP contribution in [0, 0.1) is 0 Å². The molecule has 1 aromatic heterocycles. The maximum atomic E-state index is 5.25. The number of morpholine rings is 1. The Morgan fingerprint density at radius 3 is 3.00 bits per heavy atom. The Hall–Kier alpha value is -0.100. The van der Waals surface area contributed by atoms with Gasteiger partial charge >= 0.3 is 0 Å². The van der Waals surface area contributed by atoms with E-state index in [1.165, 1.54) is 0 Å². The van der Waals surface area contributed by atoms with E-state index >= 15 is 0 Å². The fraction of sp³-hybridized carbons (Fsp3) is 0.571. The summed E-state index contributed by atoms with van der Waals surface area (Å²) in [6.45, 7) is 3.70. The average Bonchev–Trinajstić information content (AvgIpc) is 2.59. The van der Waals surface area contributed by atoms with Gasteiger partial charge in [0.2, 0.25) is 0 Å². The van der Waals surface area contributed by atoms with Crippen LogP contribution in [-0.2, 0) is 4.74 Å². The second kappa shape index (κ2) is 4.23. The first-order chi connectivity index (χ1) is 5.95. The van der Waals surface area contributed by atoms with E-state index in [-0.39, 0.29) is 0 Å². The summed E-state index contributed by atoms with van der Waals surface area (Å²) in [5.41, 5.74) is 0. The van der Waals surface area contributed by atoms with Crippen molar-refractivity contribution < 1.29 is 4.74 Å².